The van der Waals surface area contributed by atoms with Crippen LogP contribution in [-0.4, -0.2) is 56.7 Å². The molecule has 0 unspecified atom stereocenters. The lowest BCUT2D eigenvalue weighted by molar-refractivity contribution is -0.133. The molecular formula is C26H32N6O. The number of anilines is 1. The molecule has 1 amide bonds. The Hall–Kier alpha value is -3.22. The van der Waals surface area contributed by atoms with Gasteiger partial charge in [0.25, 0.3) is 0 Å². The number of aromatic nitrogens is 4. The van der Waals surface area contributed by atoms with Gasteiger partial charge in [0, 0.05) is 57.1 Å². The smallest absolute Gasteiger partial charge is 0.229 e. The van der Waals surface area contributed by atoms with Crippen LogP contribution < -0.4 is 4.90 Å². The van der Waals surface area contributed by atoms with E-state index in [1.54, 1.807) is 0 Å². The number of nitrogens with zero attached hydrogens (tertiary/aromatic N) is 6. The third-order valence-corrected chi connectivity index (χ3v) is 6.95. The normalized spacial score (nSPS) is 19.6. The van der Waals surface area contributed by atoms with Crippen LogP contribution in [0.1, 0.15) is 55.7 Å². The molecule has 0 radical (unpaired) electrons. The van der Waals surface area contributed by atoms with Gasteiger partial charge >= 0.3 is 0 Å². The van der Waals surface area contributed by atoms with Crippen LogP contribution in [0.3, 0.4) is 0 Å². The Morgan fingerprint density at radius 3 is 2.64 bits per heavy atom. The zero-order valence-corrected chi connectivity index (χ0v) is 19.5. The summed E-state index contributed by atoms with van der Waals surface area (Å²) < 4.78 is 1.87. The minimum atomic E-state index is -0.141. The number of benzene rings is 1. The summed E-state index contributed by atoms with van der Waals surface area (Å²) in [6, 6.07) is 12.0. The molecule has 1 aromatic carbocycles. The number of amides is 1. The maximum absolute atomic E-state index is 13.3. The van der Waals surface area contributed by atoms with Crippen molar-refractivity contribution >= 4 is 11.9 Å². The number of aryl methyl sites for hydroxylation is 1. The molecule has 7 nitrogen and oxygen atoms in total. The second kappa shape index (κ2) is 9.33. The van der Waals surface area contributed by atoms with Crippen molar-refractivity contribution in [1.29, 1.82) is 0 Å². The van der Waals surface area contributed by atoms with Crippen molar-refractivity contribution in [2.75, 3.05) is 31.1 Å². The quantitative estimate of drug-likeness (QED) is 0.595. The molecule has 0 saturated carbocycles. The van der Waals surface area contributed by atoms with Crippen LogP contribution >= 0.6 is 0 Å². The average molecular weight is 445 g/mol. The van der Waals surface area contributed by atoms with Crippen molar-refractivity contribution in [3.8, 4) is 11.3 Å². The molecule has 33 heavy (non-hydrogen) atoms. The molecule has 0 spiro atoms. The third kappa shape index (κ3) is 4.49. The van der Waals surface area contributed by atoms with E-state index < -0.39 is 0 Å². The Balaban J connectivity index is 1.38. The highest BCUT2D eigenvalue weighted by atomic mass is 16.2. The summed E-state index contributed by atoms with van der Waals surface area (Å²) in [5.41, 5.74) is 4.07. The zero-order valence-electron chi connectivity index (χ0n) is 19.5. The minimum Gasteiger partial charge on any atom is -0.342 e. The van der Waals surface area contributed by atoms with Crippen LogP contribution in [0.2, 0.25) is 0 Å². The van der Waals surface area contributed by atoms with Crippen LogP contribution in [0.25, 0.3) is 11.3 Å². The van der Waals surface area contributed by atoms with E-state index in [1.165, 1.54) is 12.8 Å². The van der Waals surface area contributed by atoms with Gasteiger partial charge in [-0.3, -0.25) is 9.48 Å². The van der Waals surface area contributed by atoms with Gasteiger partial charge in [0.2, 0.25) is 11.9 Å². The molecule has 2 aliphatic heterocycles. The minimum absolute atomic E-state index is 0.141. The van der Waals surface area contributed by atoms with Crippen molar-refractivity contribution in [1.82, 2.24) is 24.6 Å². The van der Waals surface area contributed by atoms with Crippen LogP contribution in [0.5, 0.6) is 0 Å². The Labute approximate surface area is 195 Å². The molecule has 5 rings (SSSR count). The van der Waals surface area contributed by atoms with Gasteiger partial charge in [-0.1, -0.05) is 30.3 Å². The Morgan fingerprint density at radius 2 is 1.85 bits per heavy atom. The lowest BCUT2D eigenvalue weighted by Gasteiger charge is -2.34. The number of likely N-dealkylation sites (tertiary alicyclic amines) is 1. The van der Waals surface area contributed by atoms with E-state index in [-0.39, 0.29) is 17.7 Å². The monoisotopic (exact) mass is 444 g/mol. The predicted molar refractivity (Wildman–Crippen MR) is 129 cm³/mol. The summed E-state index contributed by atoms with van der Waals surface area (Å²) >= 11 is 0. The van der Waals surface area contributed by atoms with Crippen LogP contribution in [0.4, 0.5) is 5.95 Å². The van der Waals surface area contributed by atoms with E-state index >= 15 is 0 Å². The fourth-order valence-corrected chi connectivity index (χ4v) is 5.13. The molecule has 2 fully saturated rings. The molecule has 2 aliphatic rings. The van der Waals surface area contributed by atoms with Gasteiger partial charge in [-0.2, -0.15) is 5.10 Å². The highest BCUT2D eigenvalue weighted by Gasteiger charge is 2.31. The summed E-state index contributed by atoms with van der Waals surface area (Å²) in [7, 11) is 1.96. The zero-order chi connectivity index (χ0) is 22.8. The van der Waals surface area contributed by atoms with E-state index in [9.17, 15) is 4.79 Å². The number of piperidine rings is 1. The fourth-order valence-electron chi connectivity index (χ4n) is 5.13. The molecule has 0 aliphatic carbocycles. The van der Waals surface area contributed by atoms with Crippen LogP contribution in [-0.2, 0) is 11.8 Å². The van der Waals surface area contributed by atoms with Gasteiger partial charge < -0.3 is 9.80 Å². The standard InChI is InChI=1S/C26H32N6O/c1-19(20-9-4-3-5-10-20)25(33)32-16-8-11-21(17-32)24-22(18-30(2)29-24)23-12-13-27-26(28-23)31-14-6-7-15-31/h3-5,9-10,12-13,18-19,21H,6-8,11,14-17H2,1-2H3/t19-,21+/m0/s1. The van der Waals surface area contributed by atoms with Gasteiger partial charge in [0.1, 0.15) is 0 Å². The van der Waals surface area contributed by atoms with Gasteiger partial charge in [-0.05, 0) is 44.2 Å². The number of carbonyl (C=O) groups is 1. The maximum Gasteiger partial charge on any atom is 0.229 e. The predicted octanol–water partition coefficient (Wildman–Crippen LogP) is 3.99. The van der Waals surface area contributed by atoms with Gasteiger partial charge in [0.15, 0.2) is 0 Å². The van der Waals surface area contributed by atoms with Crippen LogP contribution in [0.15, 0.2) is 48.8 Å². The Morgan fingerprint density at radius 1 is 1.06 bits per heavy atom. The van der Waals surface area contributed by atoms with Gasteiger partial charge in [0.05, 0.1) is 17.3 Å². The molecule has 3 aromatic rings. The summed E-state index contributed by atoms with van der Waals surface area (Å²) in [4.78, 5) is 27.0. The Bertz CT molecular complexity index is 1100. The number of rotatable bonds is 5. The molecule has 4 heterocycles. The molecule has 7 heteroatoms. The first-order valence-electron chi connectivity index (χ1n) is 12.1. The van der Waals surface area contributed by atoms with Gasteiger partial charge in [-0.15, -0.1) is 0 Å². The lowest BCUT2D eigenvalue weighted by atomic mass is 9.90. The fraction of sp³-hybridized carbons (Fsp3) is 0.462. The molecular weight excluding hydrogens is 412 g/mol. The van der Waals surface area contributed by atoms with Crippen molar-refractivity contribution < 1.29 is 4.79 Å². The van der Waals surface area contributed by atoms with E-state index in [0.717, 1.165) is 60.9 Å². The van der Waals surface area contributed by atoms with E-state index in [4.69, 9.17) is 10.1 Å². The topological polar surface area (TPSA) is 67.2 Å². The van der Waals surface area contributed by atoms with Gasteiger partial charge in [-0.25, -0.2) is 9.97 Å². The first kappa shape index (κ1) is 21.6. The van der Waals surface area contributed by atoms with Crippen molar-refractivity contribution in [3.63, 3.8) is 0 Å². The number of carbonyl (C=O) groups excluding carboxylic acids is 1. The van der Waals surface area contributed by atoms with Crippen molar-refractivity contribution in [3.05, 3.63) is 60.0 Å². The average Bonchev–Trinajstić information content (AvgIpc) is 3.54. The van der Waals surface area contributed by atoms with E-state index in [0.29, 0.717) is 6.54 Å². The van der Waals surface area contributed by atoms with Crippen molar-refractivity contribution in [2.45, 2.75) is 44.4 Å². The highest BCUT2D eigenvalue weighted by molar-refractivity contribution is 5.83. The van der Waals surface area contributed by atoms with Crippen LogP contribution in [0, 0.1) is 0 Å². The summed E-state index contributed by atoms with van der Waals surface area (Å²) in [5.74, 6) is 1.06. The highest BCUT2D eigenvalue weighted by Crippen LogP contribution is 2.34. The second-order valence-electron chi connectivity index (χ2n) is 9.29. The molecule has 0 N–H and O–H groups in total. The summed E-state index contributed by atoms with van der Waals surface area (Å²) in [6.07, 6.45) is 8.30. The Kier molecular flexibility index (Phi) is 6.11. The lowest BCUT2D eigenvalue weighted by Crippen LogP contribution is -2.41. The SMILES string of the molecule is C[C@H](C(=O)N1CCC[C@@H](c2nn(C)cc2-c2ccnc(N3CCCC3)n2)C1)c1ccccc1. The van der Waals surface area contributed by atoms with E-state index in [1.807, 2.05) is 66.1 Å². The first-order valence-corrected chi connectivity index (χ1v) is 12.1. The van der Waals surface area contributed by atoms with E-state index in [2.05, 4.69) is 16.1 Å². The second-order valence-corrected chi connectivity index (χ2v) is 9.29. The number of hydrogen-bond acceptors (Lipinski definition) is 5. The molecule has 2 aromatic heterocycles. The largest absolute Gasteiger partial charge is 0.342 e. The van der Waals surface area contributed by atoms with Crippen molar-refractivity contribution in [2.24, 2.45) is 7.05 Å². The molecule has 0 bridgehead atoms. The summed E-state index contributed by atoms with van der Waals surface area (Å²) in [6.45, 7) is 5.55. The molecule has 172 valence electrons. The maximum atomic E-state index is 13.3. The third-order valence-electron chi connectivity index (χ3n) is 6.95. The molecule has 2 atom stereocenters. The molecule has 2 saturated heterocycles. The number of hydrogen-bond donors (Lipinski definition) is 0. The summed E-state index contributed by atoms with van der Waals surface area (Å²) in [5, 5.41) is 4.84. The first-order chi connectivity index (χ1) is 16.1.